The fraction of sp³-hybridized carbons (Fsp3) is 0.600. The van der Waals surface area contributed by atoms with Crippen LogP contribution in [-0.2, 0) is 14.4 Å². The highest BCUT2D eigenvalue weighted by Gasteiger charge is 2.19. The van der Waals surface area contributed by atoms with Crippen molar-refractivity contribution in [2.24, 2.45) is 0 Å². The van der Waals surface area contributed by atoms with Gasteiger partial charge in [-0.25, -0.2) is 4.79 Å². The number of hydrogen-bond acceptors (Lipinski definition) is 4. The maximum Gasteiger partial charge on any atom is 0.323 e. The lowest BCUT2D eigenvalue weighted by Gasteiger charge is -2.19. The average Bonchev–Trinajstić information content (AvgIpc) is 2.26. The molecule has 0 aromatic carbocycles. The maximum atomic E-state index is 11.5. The molecule has 3 N–H and O–H groups in total. The van der Waals surface area contributed by atoms with E-state index in [0.29, 0.717) is 4.90 Å². The number of hydrogen-bond donors (Lipinski definition) is 3. The van der Waals surface area contributed by atoms with Crippen LogP contribution in [0.15, 0.2) is 0 Å². The Morgan fingerprint density at radius 3 is 1.84 bits per heavy atom. The molecule has 0 fully saturated rings. The zero-order chi connectivity index (χ0) is 15.0. The summed E-state index contributed by atoms with van der Waals surface area (Å²) in [6.07, 6.45) is 0.0483. The van der Waals surface area contributed by atoms with E-state index in [4.69, 9.17) is 10.2 Å². The zero-order valence-corrected chi connectivity index (χ0v) is 10.8. The topological polar surface area (TPSA) is 127 Å². The van der Waals surface area contributed by atoms with Crippen LogP contribution in [-0.4, -0.2) is 77.6 Å². The number of carbonyl (C=O) groups excluding carboxylic acids is 2. The summed E-state index contributed by atoms with van der Waals surface area (Å²) in [6, 6.07) is -0.837. The van der Waals surface area contributed by atoms with Crippen molar-refractivity contribution in [3.05, 3.63) is 0 Å². The largest absolute Gasteiger partial charge is 0.480 e. The number of carboxylic acids is 2. The van der Waals surface area contributed by atoms with Crippen molar-refractivity contribution in [1.29, 1.82) is 0 Å². The van der Waals surface area contributed by atoms with Crippen molar-refractivity contribution < 1.29 is 29.4 Å². The smallest absolute Gasteiger partial charge is 0.323 e. The van der Waals surface area contributed by atoms with Crippen molar-refractivity contribution in [3.8, 4) is 0 Å². The van der Waals surface area contributed by atoms with Gasteiger partial charge in [-0.1, -0.05) is 0 Å². The molecule has 0 aliphatic carbocycles. The molecule has 0 bridgehead atoms. The lowest BCUT2D eigenvalue weighted by molar-refractivity contribution is -0.140. The quantitative estimate of drug-likeness (QED) is 0.527. The van der Waals surface area contributed by atoms with Crippen molar-refractivity contribution in [2.75, 3.05) is 33.7 Å². The van der Waals surface area contributed by atoms with Crippen molar-refractivity contribution in [2.45, 2.75) is 6.42 Å². The number of nitrogens with zero attached hydrogens (tertiary/aromatic N) is 2. The van der Waals surface area contributed by atoms with Gasteiger partial charge in [0.1, 0.15) is 13.1 Å². The lowest BCUT2D eigenvalue weighted by atomic mass is 10.4. The molecular formula is C10H17N3O6. The van der Waals surface area contributed by atoms with Crippen LogP contribution >= 0.6 is 0 Å². The van der Waals surface area contributed by atoms with E-state index in [2.05, 4.69) is 5.32 Å². The van der Waals surface area contributed by atoms with E-state index in [0.717, 1.165) is 0 Å². The predicted octanol–water partition coefficient (Wildman–Crippen LogP) is -1.35. The van der Waals surface area contributed by atoms with Crippen molar-refractivity contribution in [3.63, 3.8) is 0 Å². The molecule has 0 aromatic rings. The van der Waals surface area contributed by atoms with Crippen LogP contribution in [0.2, 0.25) is 0 Å². The van der Waals surface area contributed by atoms with Gasteiger partial charge in [-0.3, -0.25) is 14.4 Å². The van der Waals surface area contributed by atoms with Gasteiger partial charge in [0.25, 0.3) is 0 Å². The molecular weight excluding hydrogens is 258 g/mol. The first-order chi connectivity index (χ1) is 8.73. The van der Waals surface area contributed by atoms with Gasteiger partial charge >= 0.3 is 18.0 Å². The molecule has 9 nitrogen and oxygen atoms in total. The second kappa shape index (κ2) is 7.90. The molecule has 3 amide bonds. The van der Waals surface area contributed by atoms with E-state index < -0.39 is 31.1 Å². The molecule has 0 aromatic heterocycles. The Hall–Kier alpha value is -2.32. The molecule has 0 spiro atoms. The van der Waals surface area contributed by atoms with Crippen LogP contribution in [0.25, 0.3) is 0 Å². The molecule has 0 unspecified atom stereocenters. The zero-order valence-electron chi connectivity index (χ0n) is 10.8. The maximum absolute atomic E-state index is 11.5. The van der Waals surface area contributed by atoms with Crippen molar-refractivity contribution >= 4 is 23.9 Å². The minimum atomic E-state index is -1.32. The Labute approximate surface area is 109 Å². The van der Waals surface area contributed by atoms with E-state index in [1.165, 1.54) is 4.90 Å². The van der Waals surface area contributed by atoms with E-state index >= 15 is 0 Å². The van der Waals surface area contributed by atoms with Crippen LogP contribution < -0.4 is 5.32 Å². The number of carbonyl (C=O) groups is 4. The van der Waals surface area contributed by atoms with Gasteiger partial charge in [0.2, 0.25) is 5.91 Å². The Bertz CT molecular complexity index is 352. The molecule has 19 heavy (non-hydrogen) atoms. The first kappa shape index (κ1) is 16.7. The van der Waals surface area contributed by atoms with Crippen LogP contribution in [0.1, 0.15) is 6.42 Å². The molecule has 0 saturated heterocycles. The van der Waals surface area contributed by atoms with Crippen LogP contribution in [0, 0.1) is 0 Å². The second-order valence-corrected chi connectivity index (χ2v) is 3.91. The summed E-state index contributed by atoms with van der Waals surface area (Å²) in [4.78, 5) is 45.7. The Morgan fingerprint density at radius 1 is 1.00 bits per heavy atom. The summed E-state index contributed by atoms with van der Waals surface area (Å²) in [6.45, 7) is -1.44. The number of amides is 3. The van der Waals surface area contributed by atoms with Gasteiger partial charge in [0.05, 0.1) is 0 Å². The van der Waals surface area contributed by atoms with Gasteiger partial charge in [-0.05, 0) is 0 Å². The molecule has 108 valence electrons. The number of carboxylic acid groups (broad SMARTS) is 2. The van der Waals surface area contributed by atoms with E-state index in [1.807, 2.05) is 0 Å². The Morgan fingerprint density at radius 2 is 1.47 bits per heavy atom. The van der Waals surface area contributed by atoms with Crippen LogP contribution in [0.3, 0.4) is 0 Å². The SMILES string of the molecule is CN(C)C(=O)CCNC(=O)N(CC(=O)O)CC(=O)O. The second-order valence-electron chi connectivity index (χ2n) is 3.91. The summed E-state index contributed by atoms with van der Waals surface area (Å²) in [5.41, 5.74) is 0. The third-order valence-electron chi connectivity index (χ3n) is 2.05. The standard InChI is InChI=1S/C10H17N3O6/c1-12(2)7(14)3-4-11-10(19)13(5-8(15)16)6-9(17)18/h3-6H2,1-2H3,(H,11,19)(H,15,16)(H,17,18). The first-order valence-electron chi connectivity index (χ1n) is 5.40. The fourth-order valence-electron chi connectivity index (χ4n) is 1.14. The third-order valence-corrected chi connectivity index (χ3v) is 2.05. The van der Waals surface area contributed by atoms with E-state index in [-0.39, 0.29) is 18.9 Å². The minimum Gasteiger partial charge on any atom is -0.480 e. The van der Waals surface area contributed by atoms with Gasteiger partial charge in [0, 0.05) is 27.1 Å². The highest BCUT2D eigenvalue weighted by molar-refractivity contribution is 5.84. The lowest BCUT2D eigenvalue weighted by Crippen LogP contribution is -2.46. The molecule has 0 aliphatic heterocycles. The highest BCUT2D eigenvalue weighted by atomic mass is 16.4. The summed E-state index contributed by atoms with van der Waals surface area (Å²) < 4.78 is 0. The number of rotatable bonds is 7. The average molecular weight is 275 g/mol. The Kier molecular flexibility index (Phi) is 6.94. The third kappa shape index (κ3) is 7.58. The summed E-state index contributed by atoms with van der Waals surface area (Å²) >= 11 is 0. The van der Waals surface area contributed by atoms with E-state index in [9.17, 15) is 19.2 Å². The van der Waals surface area contributed by atoms with Gasteiger partial charge in [-0.2, -0.15) is 0 Å². The van der Waals surface area contributed by atoms with E-state index in [1.54, 1.807) is 14.1 Å². The molecule has 0 aliphatic rings. The molecule has 9 heteroatoms. The predicted molar refractivity (Wildman–Crippen MR) is 63.6 cm³/mol. The molecule has 0 rings (SSSR count). The van der Waals surface area contributed by atoms with Gasteiger partial charge < -0.3 is 25.3 Å². The van der Waals surface area contributed by atoms with Crippen molar-refractivity contribution in [1.82, 2.24) is 15.1 Å². The van der Waals surface area contributed by atoms with Crippen LogP contribution in [0.4, 0.5) is 4.79 Å². The summed E-state index contributed by atoms with van der Waals surface area (Å²) in [5.74, 6) is -2.84. The summed E-state index contributed by atoms with van der Waals surface area (Å²) in [5, 5.41) is 19.4. The minimum absolute atomic E-state index is 0.00554. The molecule has 0 saturated carbocycles. The molecule has 0 atom stereocenters. The first-order valence-corrected chi connectivity index (χ1v) is 5.40. The fourth-order valence-corrected chi connectivity index (χ4v) is 1.14. The molecule has 0 heterocycles. The molecule has 0 radical (unpaired) electrons. The monoisotopic (exact) mass is 275 g/mol. The van der Waals surface area contributed by atoms with Crippen LogP contribution in [0.5, 0.6) is 0 Å². The highest BCUT2D eigenvalue weighted by Crippen LogP contribution is 1.92. The van der Waals surface area contributed by atoms with Gasteiger partial charge in [-0.15, -0.1) is 0 Å². The van der Waals surface area contributed by atoms with Gasteiger partial charge in [0.15, 0.2) is 0 Å². The number of urea groups is 1. The summed E-state index contributed by atoms with van der Waals surface area (Å²) in [7, 11) is 3.12. The normalized spacial score (nSPS) is 9.58. The number of nitrogens with one attached hydrogen (secondary N) is 1. The number of aliphatic carboxylic acids is 2. The Balaban J connectivity index is 4.28.